The van der Waals surface area contributed by atoms with Crippen LogP contribution in [-0.4, -0.2) is 54.5 Å². The highest BCUT2D eigenvalue weighted by Gasteiger charge is 2.24. The Morgan fingerprint density at radius 2 is 1.73 bits per heavy atom. The normalized spacial score (nSPS) is 13.6. The molecule has 1 fully saturated rings. The molecule has 8 heteroatoms. The van der Waals surface area contributed by atoms with Crippen molar-refractivity contribution in [3.8, 4) is 5.75 Å². The largest absolute Gasteiger partial charge is 0.481 e. The SMILES string of the molecule is Cc1cc(C)c(NC(=O)COc2cccc3ccc(N4CCN(C(=O)c5ccco5)CC4)nc23)c(C)c1. The predicted octanol–water partition coefficient (Wildman–Crippen LogP) is 4.73. The van der Waals surface area contributed by atoms with E-state index in [-0.39, 0.29) is 18.4 Å². The van der Waals surface area contributed by atoms with E-state index in [4.69, 9.17) is 14.1 Å². The molecule has 0 spiro atoms. The number of piperazine rings is 1. The summed E-state index contributed by atoms with van der Waals surface area (Å²) in [6.45, 7) is 8.36. The van der Waals surface area contributed by atoms with Crippen LogP contribution in [0.1, 0.15) is 27.2 Å². The molecule has 0 radical (unpaired) electrons. The summed E-state index contributed by atoms with van der Waals surface area (Å²) in [6, 6.07) is 17.2. The maximum Gasteiger partial charge on any atom is 0.289 e. The number of aromatic nitrogens is 1. The van der Waals surface area contributed by atoms with Gasteiger partial charge in [-0.05, 0) is 62.2 Å². The minimum atomic E-state index is -0.222. The summed E-state index contributed by atoms with van der Waals surface area (Å²) in [4.78, 5) is 34.1. The number of hydrogen-bond acceptors (Lipinski definition) is 6. The lowest BCUT2D eigenvalue weighted by molar-refractivity contribution is -0.118. The lowest BCUT2D eigenvalue weighted by Gasteiger charge is -2.35. The Morgan fingerprint density at radius 3 is 2.43 bits per heavy atom. The fourth-order valence-corrected chi connectivity index (χ4v) is 4.79. The van der Waals surface area contributed by atoms with Gasteiger partial charge in [0, 0.05) is 37.3 Å². The minimum Gasteiger partial charge on any atom is -0.481 e. The number of anilines is 2. The van der Waals surface area contributed by atoms with Gasteiger partial charge in [0.25, 0.3) is 11.8 Å². The number of carbonyl (C=O) groups excluding carboxylic acids is 2. The van der Waals surface area contributed by atoms with Crippen molar-refractivity contribution in [2.24, 2.45) is 0 Å². The summed E-state index contributed by atoms with van der Waals surface area (Å²) in [5.74, 6) is 1.40. The molecule has 0 bridgehead atoms. The molecule has 37 heavy (non-hydrogen) atoms. The Morgan fingerprint density at radius 1 is 0.973 bits per heavy atom. The van der Waals surface area contributed by atoms with Gasteiger partial charge in [-0.3, -0.25) is 9.59 Å². The van der Waals surface area contributed by atoms with Gasteiger partial charge >= 0.3 is 0 Å². The first-order valence-corrected chi connectivity index (χ1v) is 12.4. The van der Waals surface area contributed by atoms with Crippen molar-refractivity contribution < 1.29 is 18.7 Å². The molecule has 0 aliphatic carbocycles. The van der Waals surface area contributed by atoms with Crippen LogP contribution in [0.2, 0.25) is 0 Å². The van der Waals surface area contributed by atoms with Crippen LogP contribution in [0.3, 0.4) is 0 Å². The molecule has 2 amide bonds. The maximum absolute atomic E-state index is 12.7. The second-order valence-electron chi connectivity index (χ2n) is 9.36. The summed E-state index contributed by atoms with van der Waals surface area (Å²) < 4.78 is 11.2. The molecule has 2 aromatic heterocycles. The summed E-state index contributed by atoms with van der Waals surface area (Å²) in [7, 11) is 0. The summed E-state index contributed by atoms with van der Waals surface area (Å²) in [5, 5.41) is 3.91. The van der Waals surface area contributed by atoms with Crippen molar-refractivity contribution in [2.75, 3.05) is 43.0 Å². The number of benzene rings is 2. The van der Waals surface area contributed by atoms with E-state index < -0.39 is 0 Å². The third-order valence-electron chi connectivity index (χ3n) is 6.59. The van der Waals surface area contributed by atoms with Gasteiger partial charge in [-0.25, -0.2) is 4.98 Å². The lowest BCUT2D eigenvalue weighted by Crippen LogP contribution is -2.49. The third kappa shape index (κ3) is 5.28. The number of nitrogens with one attached hydrogen (secondary N) is 1. The molecule has 190 valence electrons. The van der Waals surface area contributed by atoms with Crippen LogP contribution in [0, 0.1) is 20.8 Å². The summed E-state index contributed by atoms with van der Waals surface area (Å²) >= 11 is 0. The summed E-state index contributed by atoms with van der Waals surface area (Å²) in [6.07, 6.45) is 1.51. The molecule has 2 aromatic carbocycles. The molecule has 3 heterocycles. The fourth-order valence-electron chi connectivity index (χ4n) is 4.79. The van der Waals surface area contributed by atoms with E-state index in [0.29, 0.717) is 43.2 Å². The molecule has 5 rings (SSSR count). The van der Waals surface area contributed by atoms with Gasteiger partial charge in [-0.1, -0.05) is 29.8 Å². The van der Waals surface area contributed by atoms with Crippen molar-refractivity contribution in [2.45, 2.75) is 20.8 Å². The zero-order chi connectivity index (χ0) is 25.9. The number of hydrogen-bond donors (Lipinski definition) is 1. The van der Waals surface area contributed by atoms with E-state index in [9.17, 15) is 9.59 Å². The van der Waals surface area contributed by atoms with Crippen LogP contribution in [-0.2, 0) is 4.79 Å². The van der Waals surface area contributed by atoms with Crippen LogP contribution in [0.5, 0.6) is 5.75 Å². The third-order valence-corrected chi connectivity index (χ3v) is 6.59. The Bertz CT molecular complexity index is 1420. The van der Waals surface area contributed by atoms with Crippen LogP contribution >= 0.6 is 0 Å². The molecular weight excluding hydrogens is 468 g/mol. The van der Waals surface area contributed by atoms with Crippen LogP contribution in [0.25, 0.3) is 10.9 Å². The highest BCUT2D eigenvalue weighted by Crippen LogP contribution is 2.28. The molecule has 1 aliphatic rings. The summed E-state index contributed by atoms with van der Waals surface area (Å²) in [5.41, 5.74) is 4.72. The van der Waals surface area contributed by atoms with Crippen LogP contribution < -0.4 is 15.0 Å². The highest BCUT2D eigenvalue weighted by molar-refractivity contribution is 5.94. The Balaban J connectivity index is 1.26. The lowest BCUT2D eigenvalue weighted by atomic mass is 10.1. The number of rotatable bonds is 6. The topological polar surface area (TPSA) is 87.9 Å². The first kappa shape index (κ1) is 24.4. The number of ether oxygens (including phenoxy) is 1. The van der Waals surface area contributed by atoms with Gasteiger partial charge in [-0.2, -0.15) is 0 Å². The van der Waals surface area contributed by atoms with Crippen molar-refractivity contribution in [3.05, 3.63) is 83.3 Å². The average Bonchev–Trinajstić information content (AvgIpc) is 3.44. The van der Waals surface area contributed by atoms with E-state index in [0.717, 1.165) is 33.6 Å². The molecule has 8 nitrogen and oxygen atoms in total. The van der Waals surface area contributed by atoms with Gasteiger partial charge in [-0.15, -0.1) is 0 Å². The van der Waals surface area contributed by atoms with Crippen molar-refractivity contribution in [3.63, 3.8) is 0 Å². The van der Waals surface area contributed by atoms with Gasteiger partial charge in [0.15, 0.2) is 12.4 Å². The van der Waals surface area contributed by atoms with Gasteiger partial charge < -0.3 is 24.3 Å². The van der Waals surface area contributed by atoms with Crippen LogP contribution in [0.4, 0.5) is 11.5 Å². The molecule has 0 unspecified atom stereocenters. The van der Waals surface area contributed by atoms with Crippen molar-refractivity contribution in [1.82, 2.24) is 9.88 Å². The minimum absolute atomic E-state index is 0.0962. The number of para-hydroxylation sites is 1. The second kappa shape index (κ2) is 10.3. The monoisotopic (exact) mass is 498 g/mol. The Labute approximate surface area is 215 Å². The number of nitrogens with zero attached hydrogens (tertiary/aromatic N) is 3. The fraction of sp³-hybridized carbons (Fsp3) is 0.276. The van der Waals surface area contributed by atoms with Gasteiger partial charge in [0.2, 0.25) is 0 Å². The number of carbonyl (C=O) groups is 2. The predicted molar refractivity (Wildman–Crippen MR) is 143 cm³/mol. The molecule has 1 N–H and O–H groups in total. The Kier molecular flexibility index (Phi) is 6.81. The highest BCUT2D eigenvalue weighted by atomic mass is 16.5. The van der Waals surface area contributed by atoms with E-state index in [1.165, 1.54) is 6.26 Å². The molecule has 0 atom stereocenters. The molecule has 1 saturated heterocycles. The standard InChI is InChI=1S/C29H30N4O4/c1-19-16-20(2)27(21(3)17-19)31-26(34)18-37-23-7-4-6-22-9-10-25(30-28(22)23)32-11-13-33(14-12-32)29(35)24-8-5-15-36-24/h4-10,15-17H,11-14,18H2,1-3H3,(H,31,34). The quantitative estimate of drug-likeness (QED) is 0.413. The zero-order valence-corrected chi connectivity index (χ0v) is 21.3. The van der Waals surface area contributed by atoms with Crippen LogP contribution in [0.15, 0.2) is 65.3 Å². The van der Waals surface area contributed by atoms with E-state index in [2.05, 4.69) is 10.2 Å². The van der Waals surface area contributed by atoms with E-state index in [1.54, 1.807) is 17.0 Å². The molecule has 1 aliphatic heterocycles. The van der Waals surface area contributed by atoms with E-state index in [1.807, 2.05) is 63.2 Å². The number of fused-ring (bicyclic) bond motifs is 1. The zero-order valence-electron chi connectivity index (χ0n) is 21.3. The van der Waals surface area contributed by atoms with E-state index >= 15 is 0 Å². The molecular formula is C29H30N4O4. The maximum atomic E-state index is 12.7. The van der Waals surface area contributed by atoms with Gasteiger partial charge in [0.05, 0.1) is 6.26 Å². The smallest absolute Gasteiger partial charge is 0.289 e. The number of aryl methyl sites for hydroxylation is 3. The number of amides is 2. The first-order valence-electron chi connectivity index (χ1n) is 12.4. The van der Waals surface area contributed by atoms with Crippen molar-refractivity contribution >= 4 is 34.2 Å². The number of pyridine rings is 1. The second-order valence-corrected chi connectivity index (χ2v) is 9.36. The van der Waals surface area contributed by atoms with Gasteiger partial charge in [0.1, 0.15) is 17.1 Å². The average molecular weight is 499 g/mol. The molecule has 0 saturated carbocycles. The molecule has 4 aromatic rings. The first-order chi connectivity index (χ1) is 17.9. The number of furan rings is 1. The van der Waals surface area contributed by atoms with Crippen molar-refractivity contribution in [1.29, 1.82) is 0 Å². The Hall–Kier alpha value is -4.33.